The highest BCUT2D eigenvalue weighted by Crippen LogP contribution is 2.30. The van der Waals surface area contributed by atoms with Gasteiger partial charge in [-0.15, -0.1) is 22.7 Å². The Kier molecular flexibility index (Phi) is 10.9. The van der Waals surface area contributed by atoms with Gasteiger partial charge in [0.2, 0.25) is 0 Å². The number of carboxylic acid groups (broad SMARTS) is 1. The van der Waals surface area contributed by atoms with Crippen molar-refractivity contribution < 1.29 is 24.2 Å². The standard InChI is InChI=1S/C28H29N7O4S.C12H9N3O3S/c1-28(2,3)39-27(38)34-13-11-33(12-14-34)21-10-9-18(16-29)15-19(21)30-24(36)20-17-40-25(31-20)35-23-8-6-5-7-22(23)32(4)26(35)37;1-14-8-4-2-3-5-9(8)15(12(14)18)11-13-7(6-19-11)10(16)17/h5-10,15,17H,11-14H2,1-4H3,(H,30,36);2-6H,1H3,(H,16,17). The second kappa shape index (κ2) is 16.1. The Labute approximate surface area is 344 Å². The summed E-state index contributed by atoms with van der Waals surface area (Å²) < 4.78 is 11.5. The molecular formula is C40H38N10O7S2. The van der Waals surface area contributed by atoms with E-state index >= 15 is 0 Å². The number of aromatic carboxylic acids is 1. The van der Waals surface area contributed by atoms with Crippen LogP contribution in [0.3, 0.4) is 0 Å². The predicted molar refractivity (Wildman–Crippen MR) is 224 cm³/mol. The molecule has 3 aromatic carbocycles. The lowest BCUT2D eigenvalue weighted by Gasteiger charge is -2.37. The lowest BCUT2D eigenvalue weighted by molar-refractivity contribution is 0.0240. The van der Waals surface area contributed by atoms with Crippen LogP contribution in [0.25, 0.3) is 32.3 Å². The number of hydrogen-bond donors (Lipinski definition) is 2. The number of benzene rings is 3. The van der Waals surface area contributed by atoms with Gasteiger partial charge in [-0.2, -0.15) is 5.26 Å². The molecule has 0 unspecified atom stereocenters. The number of carbonyl (C=O) groups excluding carboxylic acids is 2. The van der Waals surface area contributed by atoms with Gasteiger partial charge in [-0.25, -0.2) is 38.3 Å². The lowest BCUT2D eigenvalue weighted by Crippen LogP contribution is -2.50. The first kappa shape index (κ1) is 40.2. The van der Waals surface area contributed by atoms with Gasteiger partial charge >= 0.3 is 23.4 Å². The van der Waals surface area contributed by atoms with Gasteiger partial charge in [0.1, 0.15) is 11.3 Å². The fourth-order valence-electron chi connectivity index (χ4n) is 6.52. The lowest BCUT2D eigenvalue weighted by atomic mass is 10.1. The molecule has 1 saturated heterocycles. The number of thiazole rings is 2. The number of aryl methyl sites for hydroxylation is 2. The van der Waals surface area contributed by atoms with Crippen LogP contribution in [0.1, 0.15) is 47.3 Å². The van der Waals surface area contributed by atoms with Crippen LogP contribution in [0, 0.1) is 11.3 Å². The van der Waals surface area contributed by atoms with E-state index < -0.39 is 17.5 Å². The molecule has 0 spiro atoms. The molecule has 2 amide bonds. The molecule has 0 radical (unpaired) electrons. The van der Waals surface area contributed by atoms with Gasteiger partial charge < -0.3 is 25.0 Å². The summed E-state index contributed by atoms with van der Waals surface area (Å²) in [7, 11) is 3.37. The largest absolute Gasteiger partial charge is 0.476 e. The minimum Gasteiger partial charge on any atom is -0.476 e. The van der Waals surface area contributed by atoms with Gasteiger partial charge in [0.25, 0.3) is 5.91 Å². The topological polar surface area (TPSA) is 203 Å². The molecule has 302 valence electrons. The number of carboxylic acids is 1. The summed E-state index contributed by atoms with van der Waals surface area (Å²) in [5.41, 5.74) is 3.57. The van der Waals surface area contributed by atoms with E-state index in [1.165, 1.54) is 30.4 Å². The van der Waals surface area contributed by atoms with E-state index in [2.05, 4.69) is 26.3 Å². The third-order valence-electron chi connectivity index (χ3n) is 9.39. The van der Waals surface area contributed by atoms with E-state index in [-0.39, 0.29) is 28.9 Å². The SMILES string of the molecule is Cn1c(=O)n(-c2nc(C(=O)Nc3cc(C#N)ccc3N3CCN(C(=O)OC(C)(C)C)CC3)cs2)c2ccccc21.Cn1c(=O)n(-c2nc(C(=O)O)cs2)c2ccccc21. The van der Waals surface area contributed by atoms with Crippen molar-refractivity contribution in [1.29, 1.82) is 5.26 Å². The Hall–Kier alpha value is -7.04. The Morgan fingerprint density at radius 2 is 1.29 bits per heavy atom. The molecule has 1 fully saturated rings. The fourth-order valence-corrected chi connectivity index (χ4v) is 8.13. The van der Waals surface area contributed by atoms with Crippen molar-refractivity contribution in [1.82, 2.24) is 33.1 Å². The minimum atomic E-state index is -1.10. The summed E-state index contributed by atoms with van der Waals surface area (Å²) in [6.45, 7) is 7.46. The number of amides is 2. The molecule has 4 aromatic heterocycles. The molecule has 8 rings (SSSR count). The maximum Gasteiger partial charge on any atom is 0.410 e. The number of hydrogen-bond acceptors (Lipinski definition) is 12. The molecule has 5 heterocycles. The van der Waals surface area contributed by atoms with Gasteiger partial charge in [-0.05, 0) is 63.2 Å². The quantitative estimate of drug-likeness (QED) is 0.216. The van der Waals surface area contributed by atoms with Gasteiger partial charge in [-0.3, -0.25) is 13.9 Å². The zero-order chi connectivity index (χ0) is 42.2. The monoisotopic (exact) mass is 834 g/mol. The minimum absolute atomic E-state index is 0.0557. The first-order valence-corrected chi connectivity index (χ1v) is 20.0. The van der Waals surface area contributed by atoms with Crippen molar-refractivity contribution >= 4 is 74.1 Å². The van der Waals surface area contributed by atoms with Crippen LogP contribution in [0.4, 0.5) is 16.2 Å². The second-order valence-corrected chi connectivity index (χ2v) is 16.1. The van der Waals surface area contributed by atoms with Crippen LogP contribution in [-0.4, -0.2) is 88.0 Å². The van der Waals surface area contributed by atoms with Crippen molar-refractivity contribution in [2.75, 3.05) is 36.4 Å². The number of nitrogens with zero attached hydrogens (tertiary/aromatic N) is 9. The molecule has 19 heteroatoms. The highest BCUT2D eigenvalue weighted by molar-refractivity contribution is 7.12. The number of carbonyl (C=O) groups is 3. The van der Waals surface area contributed by atoms with Gasteiger partial charge in [0.15, 0.2) is 16.0 Å². The molecule has 1 aliphatic heterocycles. The van der Waals surface area contributed by atoms with Crippen molar-refractivity contribution in [3.05, 3.63) is 115 Å². The summed E-state index contributed by atoms with van der Waals surface area (Å²) in [4.78, 5) is 73.9. The summed E-state index contributed by atoms with van der Waals surface area (Å²) >= 11 is 2.33. The molecule has 0 aliphatic carbocycles. The summed E-state index contributed by atoms with van der Waals surface area (Å²) in [5.74, 6) is -1.56. The zero-order valence-electron chi connectivity index (χ0n) is 32.6. The van der Waals surface area contributed by atoms with Crippen molar-refractivity contribution in [2.24, 2.45) is 14.1 Å². The van der Waals surface area contributed by atoms with Crippen molar-refractivity contribution in [2.45, 2.75) is 26.4 Å². The Morgan fingerprint density at radius 3 is 1.78 bits per heavy atom. The number of aromatic nitrogens is 6. The van der Waals surface area contributed by atoms with Crippen LogP contribution in [0.2, 0.25) is 0 Å². The number of imidazole rings is 2. The highest BCUT2D eigenvalue weighted by Gasteiger charge is 2.28. The smallest absolute Gasteiger partial charge is 0.410 e. The van der Waals surface area contributed by atoms with Gasteiger partial charge in [0.05, 0.1) is 45.1 Å². The summed E-state index contributed by atoms with van der Waals surface area (Å²) in [5, 5.41) is 25.0. The zero-order valence-corrected chi connectivity index (χ0v) is 34.2. The molecule has 0 saturated carbocycles. The first-order chi connectivity index (χ1) is 28.1. The number of ether oxygens (including phenoxy) is 1. The average Bonchev–Trinajstić information content (AvgIpc) is 4.01. The van der Waals surface area contributed by atoms with Crippen molar-refractivity contribution in [3.63, 3.8) is 0 Å². The van der Waals surface area contributed by atoms with Crippen molar-refractivity contribution in [3.8, 4) is 16.3 Å². The van der Waals surface area contributed by atoms with Crippen LogP contribution in [-0.2, 0) is 18.8 Å². The Bertz CT molecular complexity index is 2910. The molecule has 0 atom stereocenters. The van der Waals surface area contributed by atoms with E-state index in [0.717, 1.165) is 28.1 Å². The van der Waals surface area contributed by atoms with Crippen LogP contribution in [0.5, 0.6) is 0 Å². The average molecular weight is 835 g/mol. The summed E-state index contributed by atoms with van der Waals surface area (Å²) in [6, 6.07) is 21.9. The third-order valence-corrected chi connectivity index (χ3v) is 11.0. The van der Waals surface area contributed by atoms with Gasteiger partial charge in [-0.1, -0.05) is 24.3 Å². The Morgan fingerprint density at radius 1 is 0.780 bits per heavy atom. The maximum atomic E-state index is 13.3. The van der Waals surface area contributed by atoms with E-state index in [1.54, 1.807) is 53.2 Å². The number of rotatable bonds is 6. The molecule has 2 N–H and O–H groups in total. The van der Waals surface area contributed by atoms with E-state index in [1.807, 2.05) is 63.2 Å². The number of para-hydroxylation sites is 4. The van der Waals surface area contributed by atoms with Gasteiger partial charge in [0, 0.05) is 51.0 Å². The van der Waals surface area contributed by atoms with E-state index in [4.69, 9.17) is 9.84 Å². The third kappa shape index (κ3) is 8.08. The van der Waals surface area contributed by atoms with E-state index in [0.29, 0.717) is 58.7 Å². The molecule has 0 bridgehead atoms. The van der Waals surface area contributed by atoms with E-state index in [9.17, 15) is 29.2 Å². The molecule has 7 aromatic rings. The molecule has 17 nitrogen and oxygen atoms in total. The number of piperazine rings is 1. The number of anilines is 2. The predicted octanol–water partition coefficient (Wildman–Crippen LogP) is 5.45. The molecular weight excluding hydrogens is 797 g/mol. The van der Waals surface area contributed by atoms with Crippen LogP contribution >= 0.6 is 22.7 Å². The second-order valence-electron chi connectivity index (χ2n) is 14.4. The van der Waals surface area contributed by atoms with Crippen LogP contribution in [0.15, 0.2) is 87.1 Å². The summed E-state index contributed by atoms with van der Waals surface area (Å²) in [6.07, 6.45) is -0.356. The Balaban J connectivity index is 0.000000231. The number of nitriles is 1. The highest BCUT2D eigenvalue weighted by atomic mass is 32.1. The molecule has 1 aliphatic rings. The molecule has 59 heavy (non-hydrogen) atoms. The fraction of sp³-hybridized carbons (Fsp3) is 0.250. The number of nitrogens with one attached hydrogen (secondary N) is 1. The number of fused-ring (bicyclic) bond motifs is 2. The van der Waals surface area contributed by atoms with Crippen LogP contribution < -0.4 is 21.6 Å². The first-order valence-electron chi connectivity index (χ1n) is 18.2. The maximum absolute atomic E-state index is 13.3. The normalized spacial score (nSPS) is 12.9.